The standard InChI is InChI=1S/C47H27N3O2/c1-2-12-29(13-3-1)45-48-46(33-22-21-28-11-4-5-14-30(28)25-33)50-47(49-45)43-35(37-19-10-18-36-34-17-8-9-20-39(34)52-44(36)37)23-24-40-42(43)38-26-31-15-6-7-16-32(31)27-41(38)51-40/h1-27H. The van der Waals surface area contributed by atoms with E-state index in [-0.39, 0.29) is 0 Å². The molecular weight excluding hydrogens is 639 g/mol. The Morgan fingerprint density at radius 2 is 1.02 bits per heavy atom. The van der Waals surface area contributed by atoms with Gasteiger partial charge < -0.3 is 8.83 Å². The van der Waals surface area contributed by atoms with E-state index >= 15 is 0 Å². The number of para-hydroxylation sites is 2. The number of rotatable bonds is 4. The minimum atomic E-state index is 0.557. The van der Waals surface area contributed by atoms with Gasteiger partial charge in [0.05, 0.1) is 0 Å². The zero-order valence-corrected chi connectivity index (χ0v) is 27.7. The van der Waals surface area contributed by atoms with Crippen molar-refractivity contribution in [3.63, 3.8) is 0 Å². The van der Waals surface area contributed by atoms with Gasteiger partial charge in [-0.3, -0.25) is 0 Å². The van der Waals surface area contributed by atoms with E-state index in [0.717, 1.165) is 93.2 Å². The van der Waals surface area contributed by atoms with E-state index in [1.165, 1.54) is 0 Å². The fourth-order valence-corrected chi connectivity index (χ4v) is 7.63. The van der Waals surface area contributed by atoms with E-state index in [0.29, 0.717) is 17.5 Å². The van der Waals surface area contributed by atoms with Crippen molar-refractivity contribution in [3.05, 3.63) is 164 Å². The SMILES string of the molecule is c1ccc(-c2nc(-c3ccc4ccccc4c3)nc(-c3c(-c4cccc5c4oc4ccccc45)ccc4oc5cc6ccccc6cc5c34)n2)cc1. The Morgan fingerprint density at radius 1 is 0.346 bits per heavy atom. The van der Waals surface area contributed by atoms with Crippen LogP contribution in [-0.2, 0) is 0 Å². The van der Waals surface area contributed by atoms with Crippen LogP contribution in [0.2, 0.25) is 0 Å². The van der Waals surface area contributed by atoms with Gasteiger partial charge in [0.15, 0.2) is 17.5 Å². The van der Waals surface area contributed by atoms with Crippen molar-refractivity contribution in [2.24, 2.45) is 0 Å². The first-order chi connectivity index (χ1) is 25.7. The van der Waals surface area contributed by atoms with Gasteiger partial charge in [-0.1, -0.05) is 127 Å². The Morgan fingerprint density at radius 3 is 1.87 bits per heavy atom. The second-order valence-corrected chi connectivity index (χ2v) is 13.2. The highest BCUT2D eigenvalue weighted by molar-refractivity contribution is 6.19. The second kappa shape index (κ2) is 11.2. The van der Waals surface area contributed by atoms with E-state index < -0.39 is 0 Å². The summed E-state index contributed by atoms with van der Waals surface area (Å²) in [5, 5.41) is 8.60. The van der Waals surface area contributed by atoms with Crippen LogP contribution in [0.4, 0.5) is 0 Å². The fourth-order valence-electron chi connectivity index (χ4n) is 7.63. The van der Waals surface area contributed by atoms with E-state index in [4.69, 9.17) is 23.8 Å². The lowest BCUT2D eigenvalue weighted by Gasteiger charge is -2.14. The van der Waals surface area contributed by atoms with Crippen molar-refractivity contribution in [2.75, 3.05) is 0 Å². The van der Waals surface area contributed by atoms with Gasteiger partial charge >= 0.3 is 0 Å². The average molecular weight is 666 g/mol. The molecule has 11 aromatic rings. The summed E-state index contributed by atoms with van der Waals surface area (Å²) < 4.78 is 13.3. The van der Waals surface area contributed by atoms with Crippen molar-refractivity contribution in [2.45, 2.75) is 0 Å². The van der Waals surface area contributed by atoms with Gasteiger partial charge in [-0.25, -0.2) is 15.0 Å². The zero-order chi connectivity index (χ0) is 34.2. The molecule has 0 aliphatic carbocycles. The van der Waals surface area contributed by atoms with Gasteiger partial charge in [0.2, 0.25) is 0 Å². The topological polar surface area (TPSA) is 65.0 Å². The third kappa shape index (κ3) is 4.46. The molecule has 0 amide bonds. The summed E-state index contributed by atoms with van der Waals surface area (Å²) in [6.45, 7) is 0. The number of furan rings is 2. The molecule has 3 heterocycles. The molecule has 0 fully saturated rings. The second-order valence-electron chi connectivity index (χ2n) is 13.2. The maximum absolute atomic E-state index is 6.63. The number of hydrogen-bond acceptors (Lipinski definition) is 5. The molecule has 0 aliphatic rings. The van der Waals surface area contributed by atoms with E-state index in [9.17, 15) is 0 Å². The smallest absolute Gasteiger partial charge is 0.165 e. The van der Waals surface area contributed by atoms with Crippen molar-refractivity contribution in [1.82, 2.24) is 15.0 Å². The molecule has 0 saturated carbocycles. The molecule has 5 nitrogen and oxygen atoms in total. The molecule has 0 atom stereocenters. The number of aromatic nitrogens is 3. The Hall–Kier alpha value is -7.11. The van der Waals surface area contributed by atoms with Gasteiger partial charge in [0.1, 0.15) is 22.3 Å². The summed E-state index contributed by atoms with van der Waals surface area (Å²) in [5.41, 5.74) is 7.81. The predicted octanol–water partition coefficient (Wildman–Crippen LogP) is 12.6. The van der Waals surface area contributed by atoms with Crippen LogP contribution in [0, 0.1) is 0 Å². The van der Waals surface area contributed by atoms with Crippen LogP contribution in [0.5, 0.6) is 0 Å². The van der Waals surface area contributed by atoms with E-state index in [1.807, 2.05) is 48.5 Å². The molecule has 0 unspecified atom stereocenters. The summed E-state index contributed by atoms with van der Waals surface area (Å²) in [5.74, 6) is 1.75. The molecule has 0 aliphatic heterocycles. The quantitative estimate of drug-likeness (QED) is 0.187. The van der Waals surface area contributed by atoms with Gasteiger partial charge in [-0.2, -0.15) is 0 Å². The molecular formula is C47H27N3O2. The van der Waals surface area contributed by atoms with Gasteiger partial charge in [-0.15, -0.1) is 0 Å². The van der Waals surface area contributed by atoms with E-state index in [2.05, 4.69) is 115 Å². The first kappa shape index (κ1) is 28.7. The average Bonchev–Trinajstić information content (AvgIpc) is 3.77. The van der Waals surface area contributed by atoms with E-state index in [1.54, 1.807) is 0 Å². The Balaban J connectivity index is 1.27. The Kier molecular flexibility index (Phi) is 6.18. The van der Waals surface area contributed by atoms with Crippen molar-refractivity contribution in [1.29, 1.82) is 0 Å². The minimum Gasteiger partial charge on any atom is -0.456 e. The first-order valence-corrected chi connectivity index (χ1v) is 17.3. The number of hydrogen-bond donors (Lipinski definition) is 0. The molecule has 242 valence electrons. The van der Waals surface area contributed by atoms with Crippen LogP contribution in [0.1, 0.15) is 0 Å². The largest absolute Gasteiger partial charge is 0.456 e. The Labute approximate surface area is 297 Å². The van der Waals surface area contributed by atoms with Crippen LogP contribution in [0.3, 0.4) is 0 Å². The summed E-state index contributed by atoms with van der Waals surface area (Å²) in [6, 6.07) is 56.2. The normalized spacial score (nSPS) is 11.8. The summed E-state index contributed by atoms with van der Waals surface area (Å²) in [7, 11) is 0. The first-order valence-electron chi connectivity index (χ1n) is 17.3. The molecule has 0 saturated heterocycles. The lowest BCUT2D eigenvalue weighted by Crippen LogP contribution is -2.01. The molecule has 0 bridgehead atoms. The lowest BCUT2D eigenvalue weighted by atomic mass is 9.93. The van der Waals surface area contributed by atoms with Crippen LogP contribution >= 0.6 is 0 Å². The van der Waals surface area contributed by atoms with Crippen molar-refractivity contribution < 1.29 is 8.83 Å². The molecule has 0 radical (unpaired) electrons. The van der Waals surface area contributed by atoms with Gasteiger partial charge in [-0.05, 0) is 63.5 Å². The van der Waals surface area contributed by atoms with Crippen LogP contribution in [-0.4, -0.2) is 15.0 Å². The molecule has 0 spiro atoms. The predicted molar refractivity (Wildman–Crippen MR) is 211 cm³/mol. The lowest BCUT2D eigenvalue weighted by molar-refractivity contribution is 0.668. The minimum absolute atomic E-state index is 0.557. The fraction of sp³-hybridized carbons (Fsp3) is 0. The molecule has 3 aromatic heterocycles. The van der Waals surface area contributed by atoms with Gasteiger partial charge in [0.25, 0.3) is 0 Å². The van der Waals surface area contributed by atoms with Crippen molar-refractivity contribution >= 4 is 65.4 Å². The molecule has 8 aromatic carbocycles. The highest BCUT2D eigenvalue weighted by atomic mass is 16.3. The summed E-state index contributed by atoms with van der Waals surface area (Å²) >= 11 is 0. The molecule has 0 N–H and O–H groups in total. The van der Waals surface area contributed by atoms with Crippen LogP contribution < -0.4 is 0 Å². The number of benzene rings is 8. The maximum Gasteiger partial charge on any atom is 0.165 e. The van der Waals surface area contributed by atoms with Crippen molar-refractivity contribution in [3.8, 4) is 45.3 Å². The molecule has 52 heavy (non-hydrogen) atoms. The van der Waals surface area contributed by atoms with Crippen LogP contribution in [0.25, 0.3) is 111 Å². The highest BCUT2D eigenvalue weighted by Gasteiger charge is 2.24. The Bertz CT molecular complexity index is 3190. The number of nitrogens with zero attached hydrogens (tertiary/aromatic N) is 3. The summed E-state index contributed by atoms with van der Waals surface area (Å²) in [6.07, 6.45) is 0. The highest BCUT2D eigenvalue weighted by Crippen LogP contribution is 2.46. The van der Waals surface area contributed by atoms with Gasteiger partial charge in [0, 0.05) is 43.8 Å². The summed E-state index contributed by atoms with van der Waals surface area (Å²) in [4.78, 5) is 15.7. The number of fused-ring (bicyclic) bond motifs is 8. The maximum atomic E-state index is 6.63. The third-order valence-electron chi connectivity index (χ3n) is 10.1. The molecule has 11 rings (SSSR count). The zero-order valence-electron chi connectivity index (χ0n) is 27.7. The third-order valence-corrected chi connectivity index (χ3v) is 10.1. The molecule has 5 heteroatoms. The monoisotopic (exact) mass is 665 g/mol. The van der Waals surface area contributed by atoms with Crippen LogP contribution in [0.15, 0.2) is 173 Å².